The SMILES string of the molecule is COC(=O)C(C)Nc1nccc(N2C(=O)OCC2C(C)C)n1. The first-order valence-corrected chi connectivity index (χ1v) is 7.07. The van der Waals surface area contributed by atoms with Crippen molar-refractivity contribution in [1.82, 2.24) is 9.97 Å². The molecule has 22 heavy (non-hydrogen) atoms. The maximum Gasteiger partial charge on any atom is 0.415 e. The summed E-state index contributed by atoms with van der Waals surface area (Å²) >= 11 is 0. The Bertz CT molecular complexity index is 564. The van der Waals surface area contributed by atoms with Crippen LogP contribution in [0, 0.1) is 5.92 Å². The van der Waals surface area contributed by atoms with E-state index in [2.05, 4.69) is 20.0 Å². The number of methoxy groups -OCH3 is 1. The summed E-state index contributed by atoms with van der Waals surface area (Å²) in [4.78, 5) is 33.2. The van der Waals surface area contributed by atoms with Gasteiger partial charge in [0.05, 0.1) is 13.2 Å². The van der Waals surface area contributed by atoms with Crippen molar-refractivity contribution in [1.29, 1.82) is 0 Å². The van der Waals surface area contributed by atoms with Gasteiger partial charge in [0.15, 0.2) is 0 Å². The van der Waals surface area contributed by atoms with Crippen molar-refractivity contribution in [2.45, 2.75) is 32.9 Å². The molecule has 2 atom stereocenters. The molecule has 1 N–H and O–H groups in total. The fraction of sp³-hybridized carbons (Fsp3) is 0.571. The Balaban J connectivity index is 2.20. The van der Waals surface area contributed by atoms with Crippen LogP contribution in [0.4, 0.5) is 16.6 Å². The summed E-state index contributed by atoms with van der Waals surface area (Å²) in [7, 11) is 1.31. The summed E-state index contributed by atoms with van der Waals surface area (Å²) in [5, 5.41) is 2.84. The van der Waals surface area contributed by atoms with Gasteiger partial charge in [-0.05, 0) is 18.9 Å². The molecule has 0 radical (unpaired) electrons. The van der Waals surface area contributed by atoms with Crippen LogP contribution >= 0.6 is 0 Å². The number of nitrogens with zero attached hydrogens (tertiary/aromatic N) is 3. The molecule has 1 saturated heterocycles. The van der Waals surface area contributed by atoms with Crippen LogP contribution in [0.2, 0.25) is 0 Å². The van der Waals surface area contributed by atoms with Gasteiger partial charge in [0.1, 0.15) is 18.5 Å². The Labute approximate surface area is 128 Å². The molecule has 0 aromatic carbocycles. The molecule has 2 rings (SSSR count). The Hall–Kier alpha value is -2.38. The number of nitrogens with one attached hydrogen (secondary N) is 1. The second-order valence-electron chi connectivity index (χ2n) is 5.39. The Morgan fingerprint density at radius 1 is 1.50 bits per heavy atom. The van der Waals surface area contributed by atoms with E-state index in [0.29, 0.717) is 12.4 Å². The summed E-state index contributed by atoms with van der Waals surface area (Å²) in [6.45, 7) is 6.00. The molecule has 1 aromatic rings. The molecule has 0 bridgehead atoms. The third-order valence-electron chi connectivity index (χ3n) is 3.46. The van der Waals surface area contributed by atoms with E-state index >= 15 is 0 Å². The van der Waals surface area contributed by atoms with E-state index in [0.717, 1.165) is 0 Å². The average molecular weight is 308 g/mol. The van der Waals surface area contributed by atoms with E-state index in [1.54, 1.807) is 13.0 Å². The maximum atomic E-state index is 11.9. The number of esters is 1. The second-order valence-corrected chi connectivity index (χ2v) is 5.39. The van der Waals surface area contributed by atoms with Crippen molar-refractivity contribution in [2.24, 2.45) is 5.92 Å². The highest BCUT2D eigenvalue weighted by atomic mass is 16.6. The van der Waals surface area contributed by atoms with Gasteiger partial charge in [-0.1, -0.05) is 13.8 Å². The average Bonchev–Trinajstić information content (AvgIpc) is 2.88. The highest BCUT2D eigenvalue weighted by molar-refractivity contribution is 5.89. The minimum atomic E-state index is -0.591. The van der Waals surface area contributed by atoms with Gasteiger partial charge >= 0.3 is 12.1 Å². The molecule has 0 saturated carbocycles. The summed E-state index contributed by atoms with van der Waals surface area (Å²) in [6.07, 6.45) is 1.10. The topological polar surface area (TPSA) is 93.7 Å². The normalized spacial score (nSPS) is 19.0. The summed E-state index contributed by atoms with van der Waals surface area (Å²) in [5.41, 5.74) is 0. The predicted octanol–water partition coefficient (Wildman–Crippen LogP) is 1.43. The summed E-state index contributed by atoms with van der Waals surface area (Å²) < 4.78 is 9.74. The number of cyclic esters (lactones) is 1. The van der Waals surface area contributed by atoms with Gasteiger partial charge in [-0.15, -0.1) is 0 Å². The van der Waals surface area contributed by atoms with E-state index in [1.165, 1.54) is 18.2 Å². The standard InChI is InChI=1S/C14H20N4O4/c1-8(2)10-7-22-14(20)18(10)11-5-6-15-13(17-11)16-9(3)12(19)21-4/h5-6,8-10H,7H2,1-4H3,(H,15,16,17). The largest absolute Gasteiger partial charge is 0.467 e. The van der Waals surface area contributed by atoms with Crippen LogP contribution in [-0.4, -0.2) is 47.8 Å². The molecular weight excluding hydrogens is 288 g/mol. The second kappa shape index (κ2) is 6.59. The van der Waals surface area contributed by atoms with Crippen molar-refractivity contribution in [3.8, 4) is 0 Å². The molecule has 0 spiro atoms. The molecule has 1 fully saturated rings. The Morgan fingerprint density at radius 2 is 2.23 bits per heavy atom. The van der Waals surface area contributed by atoms with Gasteiger partial charge in [0.2, 0.25) is 5.95 Å². The number of carbonyl (C=O) groups is 2. The van der Waals surface area contributed by atoms with E-state index in [4.69, 9.17) is 4.74 Å². The first-order chi connectivity index (χ1) is 10.4. The van der Waals surface area contributed by atoms with Crippen molar-refractivity contribution in [3.63, 3.8) is 0 Å². The van der Waals surface area contributed by atoms with Gasteiger partial charge in [-0.3, -0.25) is 4.90 Å². The highest BCUT2D eigenvalue weighted by Crippen LogP contribution is 2.25. The maximum absolute atomic E-state index is 11.9. The molecule has 8 heteroatoms. The van der Waals surface area contributed by atoms with Crippen molar-refractivity contribution in [2.75, 3.05) is 23.9 Å². The monoisotopic (exact) mass is 308 g/mol. The number of hydrogen-bond acceptors (Lipinski definition) is 7. The molecule has 120 valence electrons. The number of amides is 1. The third kappa shape index (κ3) is 3.26. The Morgan fingerprint density at radius 3 is 2.86 bits per heavy atom. The first kappa shape index (κ1) is 16.0. The molecule has 8 nitrogen and oxygen atoms in total. The molecule has 0 aliphatic carbocycles. The van der Waals surface area contributed by atoms with Crippen LogP contribution in [0.25, 0.3) is 0 Å². The lowest BCUT2D eigenvalue weighted by Crippen LogP contribution is -2.38. The zero-order valence-electron chi connectivity index (χ0n) is 13.1. The van der Waals surface area contributed by atoms with Gasteiger partial charge < -0.3 is 14.8 Å². The van der Waals surface area contributed by atoms with E-state index in [1.807, 2.05) is 13.8 Å². The van der Waals surface area contributed by atoms with Crippen molar-refractivity contribution >= 4 is 23.8 Å². The quantitative estimate of drug-likeness (QED) is 0.822. The molecule has 1 aliphatic rings. The van der Waals surface area contributed by atoms with Gasteiger partial charge in [-0.2, -0.15) is 4.98 Å². The smallest absolute Gasteiger partial charge is 0.415 e. The molecule has 2 unspecified atom stereocenters. The Kier molecular flexibility index (Phi) is 4.79. The highest BCUT2D eigenvalue weighted by Gasteiger charge is 2.37. The van der Waals surface area contributed by atoms with E-state index in [9.17, 15) is 9.59 Å². The number of anilines is 2. The van der Waals surface area contributed by atoms with E-state index < -0.39 is 18.1 Å². The molecule has 1 amide bonds. The minimum absolute atomic E-state index is 0.0757. The molecule has 1 aliphatic heterocycles. The van der Waals surface area contributed by atoms with Crippen LogP contribution in [0.1, 0.15) is 20.8 Å². The zero-order valence-corrected chi connectivity index (χ0v) is 13.1. The summed E-state index contributed by atoms with van der Waals surface area (Å²) in [5.74, 6) is 0.495. The van der Waals surface area contributed by atoms with Crippen LogP contribution < -0.4 is 10.2 Å². The number of carbonyl (C=O) groups excluding carboxylic acids is 2. The van der Waals surface area contributed by atoms with E-state index in [-0.39, 0.29) is 17.9 Å². The lowest BCUT2D eigenvalue weighted by Gasteiger charge is -2.23. The number of rotatable bonds is 5. The lowest BCUT2D eigenvalue weighted by atomic mass is 10.0. The van der Waals surface area contributed by atoms with Crippen LogP contribution in [0.3, 0.4) is 0 Å². The molecular formula is C14H20N4O4. The number of hydrogen-bond donors (Lipinski definition) is 1. The zero-order chi connectivity index (χ0) is 16.3. The summed E-state index contributed by atoms with van der Waals surface area (Å²) in [6, 6.07) is 0.968. The fourth-order valence-electron chi connectivity index (χ4n) is 2.17. The lowest BCUT2D eigenvalue weighted by molar-refractivity contribution is -0.141. The van der Waals surface area contributed by atoms with Gasteiger partial charge in [0, 0.05) is 6.20 Å². The van der Waals surface area contributed by atoms with Crippen LogP contribution in [0.5, 0.6) is 0 Å². The predicted molar refractivity (Wildman–Crippen MR) is 79.6 cm³/mol. The molecule has 2 heterocycles. The third-order valence-corrected chi connectivity index (χ3v) is 3.46. The number of ether oxygens (including phenoxy) is 2. The fourth-order valence-corrected chi connectivity index (χ4v) is 2.17. The van der Waals surface area contributed by atoms with Crippen LogP contribution in [0.15, 0.2) is 12.3 Å². The van der Waals surface area contributed by atoms with Crippen molar-refractivity contribution in [3.05, 3.63) is 12.3 Å². The van der Waals surface area contributed by atoms with Crippen LogP contribution in [-0.2, 0) is 14.3 Å². The number of aromatic nitrogens is 2. The molecule has 1 aromatic heterocycles. The van der Waals surface area contributed by atoms with Gasteiger partial charge in [-0.25, -0.2) is 14.6 Å². The first-order valence-electron chi connectivity index (χ1n) is 7.07. The van der Waals surface area contributed by atoms with Gasteiger partial charge in [0.25, 0.3) is 0 Å². The van der Waals surface area contributed by atoms with Crippen molar-refractivity contribution < 1.29 is 19.1 Å². The minimum Gasteiger partial charge on any atom is -0.467 e.